The van der Waals surface area contributed by atoms with Gasteiger partial charge in [-0.1, -0.05) is 18.2 Å². The number of nitrogens with two attached hydrogens (primary N) is 1. The molecule has 0 amide bonds. The third kappa shape index (κ3) is 2.24. The highest BCUT2D eigenvalue weighted by atomic mass is 32.1. The molecule has 0 fully saturated rings. The van der Waals surface area contributed by atoms with E-state index in [2.05, 4.69) is 25.9 Å². The van der Waals surface area contributed by atoms with Crippen LogP contribution < -0.4 is 16.6 Å². The van der Waals surface area contributed by atoms with Crippen LogP contribution in [0.15, 0.2) is 42.9 Å². The number of nitrogens with zero attached hydrogens (tertiary/aromatic N) is 4. The Labute approximate surface area is 119 Å². The highest BCUT2D eigenvalue weighted by Gasteiger charge is 2.10. The van der Waals surface area contributed by atoms with Gasteiger partial charge in [0.2, 0.25) is 0 Å². The summed E-state index contributed by atoms with van der Waals surface area (Å²) >= 11 is 4.74. The quantitative estimate of drug-likeness (QED) is 0.488. The van der Waals surface area contributed by atoms with Gasteiger partial charge in [0.15, 0.2) is 16.6 Å². The minimum absolute atomic E-state index is 0.132. The molecule has 2 aromatic heterocycles. The third-order valence-corrected chi connectivity index (χ3v) is 2.77. The number of anilines is 1. The molecule has 3 rings (SSSR count). The number of hydrogen-bond acceptors (Lipinski definition) is 5. The van der Waals surface area contributed by atoms with Crippen LogP contribution in [-0.4, -0.2) is 24.9 Å². The summed E-state index contributed by atoms with van der Waals surface area (Å²) in [5.41, 5.74) is 12.5. The highest BCUT2D eigenvalue weighted by Crippen LogP contribution is 2.20. The maximum atomic E-state index is 5.37. The van der Waals surface area contributed by atoms with Crippen LogP contribution in [0.5, 0.6) is 0 Å². The van der Waals surface area contributed by atoms with Crippen molar-refractivity contribution in [3.63, 3.8) is 0 Å². The van der Waals surface area contributed by atoms with E-state index in [4.69, 9.17) is 18.0 Å². The third-order valence-electron chi connectivity index (χ3n) is 2.67. The fraction of sp³-hybridized carbons (Fsp3) is 0. The van der Waals surface area contributed by atoms with Crippen molar-refractivity contribution in [2.75, 3.05) is 5.43 Å². The molecule has 3 aromatic rings. The molecular formula is C12H11N7S. The van der Waals surface area contributed by atoms with E-state index in [9.17, 15) is 0 Å². The maximum absolute atomic E-state index is 5.37. The SMILES string of the molecule is NC(=S)NNc1ncnc2c1cnn2-c1ccccc1. The van der Waals surface area contributed by atoms with Crippen LogP contribution in [0.1, 0.15) is 0 Å². The lowest BCUT2D eigenvalue weighted by molar-refractivity contribution is 0.895. The van der Waals surface area contributed by atoms with E-state index in [1.807, 2.05) is 30.3 Å². The van der Waals surface area contributed by atoms with Crippen molar-refractivity contribution < 1.29 is 0 Å². The first-order valence-corrected chi connectivity index (χ1v) is 6.22. The van der Waals surface area contributed by atoms with Crippen molar-refractivity contribution in [3.8, 4) is 5.69 Å². The molecule has 100 valence electrons. The number of para-hydroxylation sites is 1. The van der Waals surface area contributed by atoms with Crippen molar-refractivity contribution in [1.82, 2.24) is 25.2 Å². The predicted octanol–water partition coefficient (Wildman–Crippen LogP) is 0.976. The number of rotatable bonds is 3. The standard InChI is InChI=1S/C12H11N7S/c13-12(20)18-17-10-9-6-16-19(11(9)15-7-14-10)8-4-2-1-3-5-8/h1-7H,(H3,13,18,20)(H,14,15,17). The zero-order chi connectivity index (χ0) is 13.9. The van der Waals surface area contributed by atoms with Crippen LogP contribution in [0.3, 0.4) is 0 Å². The summed E-state index contributed by atoms with van der Waals surface area (Å²) in [6, 6.07) is 9.74. The van der Waals surface area contributed by atoms with Gasteiger partial charge in [0.1, 0.15) is 6.33 Å². The van der Waals surface area contributed by atoms with Crippen LogP contribution in [-0.2, 0) is 0 Å². The van der Waals surface area contributed by atoms with E-state index in [0.29, 0.717) is 11.5 Å². The number of nitrogens with one attached hydrogen (secondary N) is 2. The van der Waals surface area contributed by atoms with Gasteiger partial charge in [0.25, 0.3) is 0 Å². The van der Waals surface area contributed by atoms with Crippen LogP contribution in [0.2, 0.25) is 0 Å². The molecule has 8 heteroatoms. The molecule has 0 saturated heterocycles. The zero-order valence-corrected chi connectivity index (χ0v) is 11.1. The summed E-state index contributed by atoms with van der Waals surface area (Å²) in [5.74, 6) is 0.560. The molecule has 7 nitrogen and oxygen atoms in total. The van der Waals surface area contributed by atoms with Gasteiger partial charge < -0.3 is 5.73 Å². The van der Waals surface area contributed by atoms with Crippen molar-refractivity contribution in [2.45, 2.75) is 0 Å². The number of aromatic nitrogens is 4. The van der Waals surface area contributed by atoms with E-state index in [0.717, 1.165) is 11.1 Å². The normalized spacial score (nSPS) is 10.4. The molecule has 0 aliphatic heterocycles. The fourth-order valence-corrected chi connectivity index (χ4v) is 1.87. The average molecular weight is 285 g/mol. The second-order valence-corrected chi connectivity index (χ2v) is 4.41. The molecule has 4 N–H and O–H groups in total. The molecule has 0 radical (unpaired) electrons. The lowest BCUT2D eigenvalue weighted by Crippen LogP contribution is -2.34. The van der Waals surface area contributed by atoms with Gasteiger partial charge in [-0.05, 0) is 24.4 Å². The number of benzene rings is 1. The molecule has 0 atom stereocenters. The summed E-state index contributed by atoms with van der Waals surface area (Å²) in [6.07, 6.45) is 3.14. The Hall–Kier alpha value is -2.74. The molecular weight excluding hydrogens is 274 g/mol. The van der Waals surface area contributed by atoms with Crippen molar-refractivity contribution in [2.24, 2.45) is 5.73 Å². The van der Waals surface area contributed by atoms with Gasteiger partial charge in [-0.3, -0.25) is 10.9 Å². The summed E-state index contributed by atoms with van der Waals surface area (Å²) < 4.78 is 1.74. The van der Waals surface area contributed by atoms with Gasteiger partial charge >= 0.3 is 0 Å². The monoisotopic (exact) mass is 285 g/mol. The second kappa shape index (κ2) is 5.10. The Morgan fingerprint density at radius 3 is 2.75 bits per heavy atom. The summed E-state index contributed by atoms with van der Waals surface area (Å²) in [7, 11) is 0. The molecule has 2 heterocycles. The van der Waals surface area contributed by atoms with Gasteiger partial charge in [-0.2, -0.15) is 5.10 Å². The second-order valence-electron chi connectivity index (χ2n) is 3.97. The number of hydrogen-bond donors (Lipinski definition) is 3. The van der Waals surface area contributed by atoms with E-state index in [1.54, 1.807) is 10.9 Å². The van der Waals surface area contributed by atoms with Gasteiger partial charge in [-0.25, -0.2) is 14.6 Å². The van der Waals surface area contributed by atoms with Crippen LogP contribution in [0, 0.1) is 0 Å². The van der Waals surface area contributed by atoms with E-state index in [1.165, 1.54) is 6.33 Å². The highest BCUT2D eigenvalue weighted by molar-refractivity contribution is 7.80. The molecule has 0 bridgehead atoms. The summed E-state index contributed by atoms with van der Waals surface area (Å²) in [4.78, 5) is 8.40. The van der Waals surface area contributed by atoms with Gasteiger partial charge in [0, 0.05) is 0 Å². The Morgan fingerprint density at radius 1 is 1.20 bits per heavy atom. The van der Waals surface area contributed by atoms with Crippen molar-refractivity contribution in [1.29, 1.82) is 0 Å². The first kappa shape index (κ1) is 12.3. The van der Waals surface area contributed by atoms with Crippen molar-refractivity contribution in [3.05, 3.63) is 42.9 Å². The first-order valence-electron chi connectivity index (χ1n) is 5.81. The lowest BCUT2D eigenvalue weighted by Gasteiger charge is -2.07. The van der Waals surface area contributed by atoms with Crippen LogP contribution >= 0.6 is 12.2 Å². The first-order chi connectivity index (χ1) is 9.75. The molecule has 0 spiro atoms. The predicted molar refractivity (Wildman–Crippen MR) is 80.2 cm³/mol. The average Bonchev–Trinajstić information content (AvgIpc) is 2.90. The molecule has 0 aliphatic carbocycles. The number of thiocarbonyl (C=S) groups is 1. The Kier molecular flexibility index (Phi) is 3.13. The Morgan fingerprint density at radius 2 is 2.00 bits per heavy atom. The molecule has 0 aliphatic rings. The van der Waals surface area contributed by atoms with Crippen LogP contribution in [0.25, 0.3) is 16.7 Å². The van der Waals surface area contributed by atoms with Crippen LogP contribution in [0.4, 0.5) is 5.82 Å². The Bertz CT molecular complexity index is 753. The molecule has 1 aromatic carbocycles. The summed E-state index contributed by atoms with van der Waals surface area (Å²) in [5, 5.41) is 5.23. The zero-order valence-electron chi connectivity index (χ0n) is 10.3. The summed E-state index contributed by atoms with van der Waals surface area (Å²) in [6.45, 7) is 0. The fourth-order valence-electron chi connectivity index (χ4n) is 1.82. The van der Waals surface area contributed by atoms with E-state index >= 15 is 0 Å². The molecule has 0 saturated carbocycles. The smallest absolute Gasteiger partial charge is 0.182 e. The van der Waals surface area contributed by atoms with Gasteiger partial charge in [-0.15, -0.1) is 0 Å². The Balaban J connectivity index is 2.06. The minimum atomic E-state index is 0.132. The largest absolute Gasteiger partial charge is 0.375 e. The van der Waals surface area contributed by atoms with Crippen molar-refractivity contribution >= 4 is 34.2 Å². The number of hydrazine groups is 1. The maximum Gasteiger partial charge on any atom is 0.182 e. The minimum Gasteiger partial charge on any atom is -0.375 e. The number of fused-ring (bicyclic) bond motifs is 1. The topological polar surface area (TPSA) is 93.7 Å². The van der Waals surface area contributed by atoms with E-state index in [-0.39, 0.29) is 5.11 Å². The molecule has 20 heavy (non-hydrogen) atoms. The lowest BCUT2D eigenvalue weighted by atomic mass is 10.3. The van der Waals surface area contributed by atoms with E-state index < -0.39 is 0 Å². The molecule has 0 unspecified atom stereocenters. The van der Waals surface area contributed by atoms with Gasteiger partial charge in [0.05, 0.1) is 17.3 Å².